The fourth-order valence-electron chi connectivity index (χ4n) is 3.25. The van der Waals surface area contributed by atoms with E-state index in [9.17, 15) is 14.7 Å². The van der Waals surface area contributed by atoms with Crippen molar-refractivity contribution < 1.29 is 24.2 Å². The number of benzene rings is 1. The van der Waals surface area contributed by atoms with Gasteiger partial charge in [-0.15, -0.1) is 0 Å². The summed E-state index contributed by atoms with van der Waals surface area (Å²) in [5.41, 5.74) is 1.73. The Kier molecular flexibility index (Phi) is 5.61. The molecule has 27 heavy (non-hydrogen) atoms. The number of hydrogen-bond donors (Lipinski definition) is 1. The minimum absolute atomic E-state index is 0.0709. The predicted octanol–water partition coefficient (Wildman–Crippen LogP) is 1.75. The predicted molar refractivity (Wildman–Crippen MR) is 101 cm³/mol. The second-order valence-electron chi connectivity index (χ2n) is 6.19. The standard InChI is InChI=1S/C20H22N2O5/c1-26-19(24)15-7-5-6-11-22(18(15)20(25)27-2)17-9-4-3-8-16(17)21-12-10-14(23)13-21/h3-9,11,14,23H,10,12-13H2,1-2H3. The van der Waals surface area contributed by atoms with Crippen molar-refractivity contribution in [3.63, 3.8) is 0 Å². The molecule has 0 aliphatic carbocycles. The molecule has 1 atom stereocenters. The van der Waals surface area contributed by atoms with Crippen LogP contribution < -0.4 is 9.80 Å². The summed E-state index contributed by atoms with van der Waals surface area (Å²) in [5.74, 6) is -1.28. The number of β-amino-alcohol motifs (C(OH)–C–C–N with tert-alkyl or cyclic N) is 1. The largest absolute Gasteiger partial charge is 0.465 e. The number of methoxy groups -OCH3 is 2. The van der Waals surface area contributed by atoms with Crippen molar-refractivity contribution in [2.45, 2.75) is 12.5 Å². The molecule has 0 radical (unpaired) electrons. The summed E-state index contributed by atoms with van der Waals surface area (Å²) in [4.78, 5) is 28.5. The lowest BCUT2D eigenvalue weighted by atomic mass is 10.1. The van der Waals surface area contributed by atoms with E-state index in [4.69, 9.17) is 9.47 Å². The van der Waals surface area contributed by atoms with Crippen molar-refractivity contribution in [3.8, 4) is 0 Å². The van der Waals surface area contributed by atoms with Gasteiger partial charge in [-0.3, -0.25) is 0 Å². The van der Waals surface area contributed by atoms with Crippen LogP contribution in [0.2, 0.25) is 0 Å². The van der Waals surface area contributed by atoms with E-state index >= 15 is 0 Å². The number of carbonyl (C=O) groups is 2. The van der Waals surface area contributed by atoms with E-state index in [2.05, 4.69) is 4.90 Å². The maximum absolute atomic E-state index is 12.6. The Labute approximate surface area is 157 Å². The highest BCUT2D eigenvalue weighted by atomic mass is 16.5. The molecule has 0 bridgehead atoms. The third-order valence-electron chi connectivity index (χ3n) is 4.53. The van der Waals surface area contributed by atoms with Crippen LogP contribution in [0.5, 0.6) is 0 Å². The number of esters is 2. The number of rotatable bonds is 4. The maximum atomic E-state index is 12.6. The van der Waals surface area contributed by atoms with Crippen LogP contribution in [0.4, 0.5) is 11.4 Å². The van der Waals surface area contributed by atoms with Crippen molar-refractivity contribution in [1.29, 1.82) is 0 Å². The summed E-state index contributed by atoms with van der Waals surface area (Å²) in [6, 6.07) is 7.52. The van der Waals surface area contributed by atoms with Crippen LogP contribution in [0.3, 0.4) is 0 Å². The topological polar surface area (TPSA) is 79.3 Å². The molecule has 1 aromatic rings. The molecule has 1 unspecified atom stereocenters. The first-order chi connectivity index (χ1) is 13.1. The van der Waals surface area contributed by atoms with Crippen LogP contribution in [0.1, 0.15) is 6.42 Å². The molecule has 0 amide bonds. The molecule has 1 N–H and O–H groups in total. The number of aliphatic hydroxyl groups is 1. The summed E-state index contributed by atoms with van der Waals surface area (Å²) < 4.78 is 9.78. The van der Waals surface area contributed by atoms with Crippen molar-refractivity contribution in [1.82, 2.24) is 0 Å². The zero-order valence-corrected chi connectivity index (χ0v) is 15.3. The minimum Gasteiger partial charge on any atom is -0.465 e. The molecule has 0 saturated carbocycles. The Morgan fingerprint density at radius 2 is 1.78 bits per heavy atom. The van der Waals surface area contributed by atoms with Crippen molar-refractivity contribution in [3.05, 3.63) is 60.0 Å². The van der Waals surface area contributed by atoms with Gasteiger partial charge in [-0.1, -0.05) is 18.2 Å². The van der Waals surface area contributed by atoms with Gasteiger partial charge in [0.25, 0.3) is 0 Å². The van der Waals surface area contributed by atoms with Crippen LogP contribution in [0.25, 0.3) is 0 Å². The minimum atomic E-state index is -0.650. The number of anilines is 2. The summed E-state index contributed by atoms with van der Waals surface area (Å²) in [7, 11) is 2.53. The second kappa shape index (κ2) is 8.09. The summed E-state index contributed by atoms with van der Waals surface area (Å²) >= 11 is 0. The van der Waals surface area contributed by atoms with Crippen molar-refractivity contribution in [2.75, 3.05) is 37.1 Å². The lowest BCUT2D eigenvalue weighted by molar-refractivity contribution is -0.139. The van der Waals surface area contributed by atoms with Gasteiger partial charge >= 0.3 is 11.9 Å². The number of nitrogens with zero attached hydrogens (tertiary/aromatic N) is 2. The number of aliphatic hydroxyl groups excluding tert-OH is 1. The summed E-state index contributed by atoms with van der Waals surface area (Å²) in [6.07, 6.45) is 6.91. The Morgan fingerprint density at radius 3 is 2.41 bits per heavy atom. The van der Waals surface area contributed by atoms with Crippen molar-refractivity contribution in [2.24, 2.45) is 0 Å². The van der Waals surface area contributed by atoms with Crippen LogP contribution in [-0.2, 0) is 19.1 Å². The Bertz CT molecular complexity index is 827. The normalized spacial score (nSPS) is 19.3. The van der Waals surface area contributed by atoms with E-state index in [1.807, 2.05) is 24.3 Å². The van der Waals surface area contributed by atoms with Gasteiger partial charge in [0.15, 0.2) is 0 Å². The molecule has 0 spiro atoms. The SMILES string of the molecule is COC(=O)C1=C(C(=O)OC)N(c2ccccc2N2CCC(O)C2)C=CC=C1. The zero-order valence-electron chi connectivity index (χ0n) is 15.3. The number of carbonyl (C=O) groups excluding carboxylic acids is 2. The lowest BCUT2D eigenvalue weighted by Gasteiger charge is -2.29. The number of hydrogen-bond acceptors (Lipinski definition) is 7. The molecular weight excluding hydrogens is 348 g/mol. The molecule has 1 fully saturated rings. The first kappa shape index (κ1) is 18.7. The molecule has 1 aromatic carbocycles. The Hall–Kier alpha value is -3.06. The third kappa shape index (κ3) is 3.73. The van der Waals surface area contributed by atoms with Gasteiger partial charge < -0.3 is 24.4 Å². The summed E-state index contributed by atoms with van der Waals surface area (Å²) in [5, 5.41) is 9.91. The van der Waals surface area contributed by atoms with Gasteiger partial charge in [-0.05, 0) is 30.7 Å². The Morgan fingerprint density at radius 1 is 1.07 bits per heavy atom. The lowest BCUT2D eigenvalue weighted by Crippen LogP contribution is -2.29. The molecule has 0 aromatic heterocycles. The quantitative estimate of drug-likeness (QED) is 0.809. The highest BCUT2D eigenvalue weighted by molar-refractivity contribution is 6.06. The molecule has 142 valence electrons. The van der Waals surface area contributed by atoms with Crippen molar-refractivity contribution >= 4 is 23.3 Å². The van der Waals surface area contributed by atoms with Crippen LogP contribution in [0.15, 0.2) is 60.0 Å². The number of ether oxygens (including phenoxy) is 2. The molecule has 2 aliphatic rings. The van der Waals surface area contributed by atoms with Gasteiger partial charge in [-0.25, -0.2) is 9.59 Å². The van der Waals surface area contributed by atoms with E-state index in [0.29, 0.717) is 25.2 Å². The summed E-state index contributed by atoms with van der Waals surface area (Å²) in [6.45, 7) is 1.21. The fourth-order valence-corrected chi connectivity index (χ4v) is 3.25. The zero-order chi connectivity index (χ0) is 19.4. The molecule has 2 heterocycles. The van der Waals surface area contributed by atoms with E-state index in [-0.39, 0.29) is 17.4 Å². The van der Waals surface area contributed by atoms with Gasteiger partial charge in [-0.2, -0.15) is 0 Å². The smallest absolute Gasteiger partial charge is 0.355 e. The van der Waals surface area contributed by atoms with Gasteiger partial charge in [0.05, 0.1) is 37.3 Å². The number of para-hydroxylation sites is 2. The highest BCUT2D eigenvalue weighted by Crippen LogP contribution is 2.36. The van der Waals surface area contributed by atoms with Gasteiger partial charge in [0, 0.05) is 19.3 Å². The maximum Gasteiger partial charge on any atom is 0.355 e. The first-order valence-electron chi connectivity index (χ1n) is 8.64. The van der Waals surface area contributed by atoms with Crippen LogP contribution in [0, 0.1) is 0 Å². The van der Waals surface area contributed by atoms with E-state index < -0.39 is 11.9 Å². The van der Waals surface area contributed by atoms with Gasteiger partial charge in [0.2, 0.25) is 0 Å². The van der Waals surface area contributed by atoms with E-state index in [0.717, 1.165) is 5.69 Å². The average molecular weight is 370 g/mol. The van der Waals surface area contributed by atoms with E-state index in [1.165, 1.54) is 20.3 Å². The molecule has 2 aliphatic heterocycles. The number of allylic oxidation sites excluding steroid dienone is 2. The highest BCUT2D eigenvalue weighted by Gasteiger charge is 2.30. The average Bonchev–Trinajstić information content (AvgIpc) is 3.00. The Balaban J connectivity index is 2.14. The van der Waals surface area contributed by atoms with Gasteiger partial charge in [0.1, 0.15) is 5.70 Å². The second-order valence-corrected chi connectivity index (χ2v) is 6.19. The molecule has 1 saturated heterocycles. The van der Waals surface area contributed by atoms with Crippen LogP contribution in [-0.4, -0.2) is 50.5 Å². The fraction of sp³-hybridized carbons (Fsp3) is 0.300. The molecule has 3 rings (SSSR count). The van der Waals surface area contributed by atoms with Crippen LogP contribution >= 0.6 is 0 Å². The molecular formula is C20H22N2O5. The van der Waals surface area contributed by atoms with E-state index in [1.54, 1.807) is 23.3 Å². The third-order valence-corrected chi connectivity index (χ3v) is 4.53. The molecule has 7 nitrogen and oxygen atoms in total. The monoisotopic (exact) mass is 370 g/mol. The first-order valence-corrected chi connectivity index (χ1v) is 8.64. The molecule has 7 heteroatoms.